The van der Waals surface area contributed by atoms with E-state index in [9.17, 15) is 21.6 Å². The van der Waals surface area contributed by atoms with E-state index < -0.39 is 27.1 Å². The minimum absolute atomic E-state index is 0.0649. The van der Waals surface area contributed by atoms with E-state index >= 15 is 0 Å². The van der Waals surface area contributed by atoms with Gasteiger partial charge in [0.15, 0.2) is 9.84 Å². The van der Waals surface area contributed by atoms with Crippen molar-refractivity contribution in [2.75, 3.05) is 5.75 Å². The summed E-state index contributed by atoms with van der Waals surface area (Å²) in [6, 6.07) is 3.69. The molecule has 1 aliphatic rings. The quantitative estimate of drug-likeness (QED) is 0.710. The van der Waals surface area contributed by atoms with Crippen molar-refractivity contribution in [1.29, 1.82) is 0 Å². The van der Waals surface area contributed by atoms with Gasteiger partial charge in [-0.25, -0.2) is 13.4 Å². The fraction of sp³-hybridized carbons (Fsp3) is 0.294. The molecule has 2 N–H and O–H groups in total. The van der Waals surface area contributed by atoms with E-state index in [2.05, 4.69) is 20.3 Å². The lowest BCUT2D eigenvalue weighted by molar-refractivity contribution is -0.106. The molecule has 0 aromatic carbocycles. The molecule has 0 saturated carbocycles. The number of H-pyrrole nitrogens is 1. The van der Waals surface area contributed by atoms with Crippen LogP contribution in [0.2, 0.25) is 0 Å². The first-order valence-corrected chi connectivity index (χ1v) is 9.91. The van der Waals surface area contributed by atoms with Gasteiger partial charge in [-0.3, -0.25) is 4.98 Å². The van der Waals surface area contributed by atoms with E-state index in [1.807, 2.05) is 12.1 Å². The zero-order chi connectivity index (χ0) is 19.2. The Morgan fingerprint density at radius 3 is 2.74 bits per heavy atom. The van der Waals surface area contributed by atoms with Crippen molar-refractivity contribution in [3.63, 3.8) is 0 Å². The Morgan fingerprint density at radius 2 is 2.04 bits per heavy atom. The van der Waals surface area contributed by atoms with Gasteiger partial charge in [-0.2, -0.15) is 13.2 Å². The summed E-state index contributed by atoms with van der Waals surface area (Å²) in [6.07, 6.45) is 2.18. The summed E-state index contributed by atoms with van der Waals surface area (Å²) in [6.45, 7) is 0. The number of nitrogens with zero attached hydrogens (tertiary/aromatic N) is 2. The third kappa shape index (κ3) is 3.36. The van der Waals surface area contributed by atoms with Crippen LogP contribution in [0.3, 0.4) is 0 Å². The van der Waals surface area contributed by atoms with E-state index in [0.717, 1.165) is 21.9 Å². The molecule has 0 fully saturated rings. The first-order chi connectivity index (χ1) is 12.7. The Bertz CT molecular complexity index is 1150. The lowest BCUT2D eigenvalue weighted by atomic mass is 9.96. The Morgan fingerprint density at radius 1 is 1.22 bits per heavy atom. The number of allylic oxidation sites excluding steroid dienone is 1. The minimum Gasteiger partial charge on any atom is -0.375 e. The van der Waals surface area contributed by atoms with Gasteiger partial charge in [0.25, 0.3) is 0 Å². The Labute approximate surface area is 152 Å². The monoisotopic (exact) mass is 396 g/mol. The predicted octanol–water partition coefficient (Wildman–Crippen LogP) is 3.14. The van der Waals surface area contributed by atoms with Gasteiger partial charge in [-0.05, 0) is 36.1 Å². The van der Waals surface area contributed by atoms with E-state index in [4.69, 9.17) is 0 Å². The van der Waals surface area contributed by atoms with Crippen LogP contribution in [0.4, 0.5) is 13.2 Å². The third-order valence-electron chi connectivity index (χ3n) is 4.55. The van der Waals surface area contributed by atoms with Gasteiger partial charge in [-0.15, -0.1) is 0 Å². The predicted molar refractivity (Wildman–Crippen MR) is 95.4 cm³/mol. The van der Waals surface area contributed by atoms with Crippen molar-refractivity contribution in [3.05, 3.63) is 42.5 Å². The maximum Gasteiger partial charge on any atom is 0.402 e. The number of pyridine rings is 2. The number of nitrogens with one attached hydrogen (secondary N) is 2. The fourth-order valence-electron chi connectivity index (χ4n) is 3.38. The Kier molecular flexibility index (Phi) is 4.10. The highest BCUT2D eigenvalue weighted by Crippen LogP contribution is 2.34. The zero-order valence-corrected chi connectivity index (χ0v) is 14.7. The number of rotatable bonds is 3. The van der Waals surface area contributed by atoms with Gasteiger partial charge in [-0.1, -0.05) is 0 Å². The molecule has 0 saturated heterocycles. The summed E-state index contributed by atoms with van der Waals surface area (Å²) in [7, 11) is -4.32. The van der Waals surface area contributed by atoms with Crippen LogP contribution < -0.4 is 5.32 Å². The largest absolute Gasteiger partial charge is 0.402 e. The lowest BCUT2D eigenvalue weighted by Crippen LogP contribution is -2.40. The number of alkyl halides is 3. The molecule has 0 spiro atoms. The average Bonchev–Trinajstić information content (AvgIpc) is 3.08. The van der Waals surface area contributed by atoms with Crippen LogP contribution >= 0.6 is 0 Å². The van der Waals surface area contributed by atoms with E-state index in [1.165, 1.54) is 6.20 Å². The number of hydrogen-bond acceptors (Lipinski definition) is 5. The molecule has 6 nitrogen and oxygen atoms in total. The van der Waals surface area contributed by atoms with Gasteiger partial charge in [0, 0.05) is 29.4 Å². The highest BCUT2D eigenvalue weighted by atomic mass is 32.2. The molecule has 1 atom stereocenters. The second-order valence-electron chi connectivity index (χ2n) is 6.40. The molecule has 27 heavy (non-hydrogen) atoms. The summed E-state index contributed by atoms with van der Waals surface area (Å²) >= 11 is 0. The third-order valence-corrected chi connectivity index (χ3v) is 6.52. The van der Waals surface area contributed by atoms with Crippen LogP contribution in [-0.2, 0) is 9.84 Å². The lowest BCUT2D eigenvalue weighted by Gasteiger charge is -2.25. The Hall–Kier alpha value is -2.62. The molecular formula is C17H15F3N4O2S. The molecule has 3 aromatic rings. The maximum absolute atomic E-state index is 12.5. The van der Waals surface area contributed by atoms with Gasteiger partial charge in [0.05, 0.1) is 11.7 Å². The summed E-state index contributed by atoms with van der Waals surface area (Å²) in [5.74, 6) is -1.82. The molecule has 10 heteroatoms. The second kappa shape index (κ2) is 6.22. The van der Waals surface area contributed by atoms with Crippen molar-refractivity contribution in [2.45, 2.75) is 24.4 Å². The van der Waals surface area contributed by atoms with Gasteiger partial charge < -0.3 is 10.3 Å². The molecule has 4 rings (SSSR count). The highest BCUT2D eigenvalue weighted by molar-refractivity contribution is 7.92. The molecule has 0 aliphatic carbocycles. The zero-order valence-electron chi connectivity index (χ0n) is 13.9. The number of sulfone groups is 1. The standard InChI is InChI=1S/C17H15F3N4O2S/c18-17(19,20)9-27(25,26)14-2-1-10(7-23-14)11-3-5-21-13-8-24-16-12(15(11)13)4-6-22-16/h3-8,14,23H,1-2,9H2,(H,22,24). The van der Waals surface area contributed by atoms with E-state index in [0.29, 0.717) is 17.6 Å². The van der Waals surface area contributed by atoms with Crippen molar-refractivity contribution in [1.82, 2.24) is 20.3 Å². The van der Waals surface area contributed by atoms with Crippen LogP contribution in [0.1, 0.15) is 18.4 Å². The smallest absolute Gasteiger partial charge is 0.375 e. The molecule has 4 heterocycles. The molecule has 0 radical (unpaired) electrons. The molecular weight excluding hydrogens is 381 g/mol. The Balaban J connectivity index is 1.70. The molecule has 0 amide bonds. The molecule has 0 bridgehead atoms. The van der Waals surface area contributed by atoms with E-state index in [1.54, 1.807) is 18.6 Å². The number of halogens is 3. The van der Waals surface area contributed by atoms with Crippen LogP contribution in [0.5, 0.6) is 0 Å². The summed E-state index contributed by atoms with van der Waals surface area (Å²) < 4.78 is 61.4. The van der Waals surface area contributed by atoms with Gasteiger partial charge in [0.2, 0.25) is 0 Å². The van der Waals surface area contributed by atoms with Crippen molar-refractivity contribution in [3.8, 4) is 0 Å². The average molecular weight is 396 g/mol. The molecule has 3 aromatic heterocycles. The second-order valence-corrected chi connectivity index (χ2v) is 8.59. The van der Waals surface area contributed by atoms with Crippen LogP contribution in [-0.4, -0.2) is 40.7 Å². The number of aromatic nitrogens is 3. The fourth-order valence-corrected chi connectivity index (χ4v) is 4.79. The molecule has 1 aliphatic heterocycles. The van der Waals surface area contributed by atoms with Crippen LogP contribution in [0.15, 0.2) is 36.9 Å². The van der Waals surface area contributed by atoms with Gasteiger partial charge >= 0.3 is 6.18 Å². The number of aromatic amines is 1. The van der Waals surface area contributed by atoms with E-state index in [-0.39, 0.29) is 6.42 Å². The van der Waals surface area contributed by atoms with Crippen molar-refractivity contribution in [2.24, 2.45) is 0 Å². The minimum atomic E-state index is -4.75. The van der Waals surface area contributed by atoms with Crippen molar-refractivity contribution < 1.29 is 21.6 Å². The maximum atomic E-state index is 12.5. The van der Waals surface area contributed by atoms with Crippen molar-refractivity contribution >= 4 is 37.3 Å². The highest BCUT2D eigenvalue weighted by Gasteiger charge is 2.39. The van der Waals surface area contributed by atoms with Crippen LogP contribution in [0.25, 0.3) is 27.5 Å². The summed E-state index contributed by atoms with van der Waals surface area (Å²) in [4.78, 5) is 11.6. The molecule has 142 valence electrons. The topological polar surface area (TPSA) is 87.7 Å². The van der Waals surface area contributed by atoms with Gasteiger partial charge in [0.1, 0.15) is 16.8 Å². The number of fused-ring (bicyclic) bond motifs is 3. The van der Waals surface area contributed by atoms with Crippen LogP contribution in [0, 0.1) is 0 Å². The normalized spacial score (nSPS) is 18.5. The summed E-state index contributed by atoms with van der Waals surface area (Å²) in [5, 5.41) is 3.14. The first kappa shape index (κ1) is 17.8. The first-order valence-electron chi connectivity index (χ1n) is 8.19. The molecule has 1 unspecified atom stereocenters. The SMILES string of the molecule is O=S(=O)(CC(F)(F)F)C1CCC(c2ccnc3cnc4[nH]ccc4c23)=CN1. The summed E-state index contributed by atoms with van der Waals surface area (Å²) in [5.41, 5.74) is 3.06. The number of hydrogen-bond donors (Lipinski definition) is 2.